The number of hydrogen-bond acceptors (Lipinski definition) is 3. The molecule has 0 fully saturated rings. The first-order valence-electron chi connectivity index (χ1n) is 7.07. The first kappa shape index (κ1) is 15.7. The molecule has 0 saturated heterocycles. The fraction of sp³-hybridized carbons (Fsp3) is 0.467. The molecule has 0 aliphatic carbocycles. The minimum atomic E-state index is -1.22. The molecule has 0 saturated carbocycles. The summed E-state index contributed by atoms with van der Waals surface area (Å²) in [4.78, 5) is 18.9. The number of rotatable bonds is 4. The molecule has 5 nitrogen and oxygen atoms in total. The number of aromatic amines is 1. The van der Waals surface area contributed by atoms with Crippen molar-refractivity contribution in [3.05, 3.63) is 29.6 Å². The van der Waals surface area contributed by atoms with Gasteiger partial charge in [0.25, 0.3) is 0 Å². The van der Waals surface area contributed by atoms with Gasteiger partial charge in [-0.25, -0.2) is 9.78 Å². The van der Waals surface area contributed by atoms with Gasteiger partial charge in [0.15, 0.2) is 9.04 Å². The highest BCUT2D eigenvalue weighted by molar-refractivity contribution is 6.48. The molecule has 0 aliphatic rings. The van der Waals surface area contributed by atoms with Gasteiger partial charge in [-0.1, -0.05) is 20.8 Å². The molecule has 6 heteroatoms. The second-order valence-electron chi connectivity index (χ2n) is 6.59. The van der Waals surface area contributed by atoms with Gasteiger partial charge in [-0.05, 0) is 36.7 Å². The number of fused-ring (bicyclic) bond motifs is 1. The summed E-state index contributed by atoms with van der Waals surface area (Å²) in [7, 11) is -1.22. The molecule has 1 unspecified atom stereocenters. The van der Waals surface area contributed by atoms with Crippen LogP contribution in [0.25, 0.3) is 11.0 Å². The maximum atomic E-state index is 11.0. The third kappa shape index (κ3) is 3.51. The largest absolute Gasteiger partial charge is 0.478 e. The number of benzene rings is 1. The Labute approximate surface area is 126 Å². The van der Waals surface area contributed by atoms with E-state index in [2.05, 4.69) is 43.8 Å². The van der Waals surface area contributed by atoms with E-state index < -0.39 is 15.0 Å². The summed E-state index contributed by atoms with van der Waals surface area (Å²) in [6, 6.07) is 4.92. The minimum absolute atomic E-state index is 0.0826. The molecule has 1 heterocycles. The van der Waals surface area contributed by atoms with Gasteiger partial charge in [0.05, 0.1) is 16.6 Å². The number of nitrogens with one attached hydrogen (secondary N) is 1. The normalized spacial score (nSPS) is 13.8. The van der Waals surface area contributed by atoms with Crippen LogP contribution < -0.4 is 0 Å². The molecule has 0 amide bonds. The summed E-state index contributed by atoms with van der Waals surface area (Å²) < 4.78 is 6.14. The Bertz CT molecular complexity index is 658. The molecule has 2 N–H and O–H groups in total. The molecule has 0 bridgehead atoms. The van der Waals surface area contributed by atoms with Crippen LogP contribution in [-0.4, -0.2) is 30.1 Å². The van der Waals surface area contributed by atoms with Crippen molar-refractivity contribution in [2.75, 3.05) is 0 Å². The molecule has 1 atom stereocenters. The molecular formula is C15H22N2O3Si. The zero-order valence-corrected chi connectivity index (χ0v) is 14.3. The molecule has 21 heavy (non-hydrogen) atoms. The predicted molar refractivity (Wildman–Crippen MR) is 85.2 cm³/mol. The van der Waals surface area contributed by atoms with Gasteiger partial charge in [-0.15, -0.1) is 0 Å². The number of nitrogens with zero attached hydrogens (tertiary/aromatic N) is 1. The summed E-state index contributed by atoms with van der Waals surface area (Å²) in [5.41, 5.74) is 1.65. The lowest BCUT2D eigenvalue weighted by molar-refractivity contribution is 0.0697. The maximum Gasteiger partial charge on any atom is 0.335 e. The Morgan fingerprint density at radius 3 is 2.57 bits per heavy atom. The molecule has 0 spiro atoms. The molecule has 0 aliphatic heterocycles. The number of imidazole rings is 1. The number of carboxylic acid groups (broad SMARTS) is 1. The van der Waals surface area contributed by atoms with Gasteiger partial charge in [0.2, 0.25) is 0 Å². The number of aromatic nitrogens is 2. The fourth-order valence-electron chi connectivity index (χ4n) is 2.23. The van der Waals surface area contributed by atoms with Crippen LogP contribution in [0, 0.1) is 5.41 Å². The van der Waals surface area contributed by atoms with Crippen LogP contribution in [0.2, 0.25) is 13.1 Å². The van der Waals surface area contributed by atoms with Crippen molar-refractivity contribution in [2.24, 2.45) is 5.41 Å². The Kier molecular flexibility index (Phi) is 4.20. The van der Waals surface area contributed by atoms with Gasteiger partial charge in [0.1, 0.15) is 11.9 Å². The van der Waals surface area contributed by atoms with Crippen molar-refractivity contribution < 1.29 is 14.3 Å². The van der Waals surface area contributed by atoms with Crippen LogP contribution >= 0.6 is 0 Å². The Morgan fingerprint density at radius 2 is 2.05 bits per heavy atom. The fourth-order valence-corrected chi connectivity index (χ4v) is 3.32. The maximum absolute atomic E-state index is 11.0. The molecule has 1 aromatic heterocycles. The van der Waals surface area contributed by atoms with E-state index in [-0.39, 0.29) is 17.1 Å². The van der Waals surface area contributed by atoms with Crippen molar-refractivity contribution in [2.45, 2.75) is 40.0 Å². The highest BCUT2D eigenvalue weighted by atomic mass is 28.3. The average molecular weight is 306 g/mol. The Hall–Kier alpha value is -1.66. The number of carbonyl (C=O) groups is 1. The predicted octanol–water partition coefficient (Wildman–Crippen LogP) is 3.35. The van der Waals surface area contributed by atoms with E-state index in [1.54, 1.807) is 18.2 Å². The number of H-pyrrole nitrogens is 1. The van der Waals surface area contributed by atoms with E-state index in [1.165, 1.54) is 0 Å². The van der Waals surface area contributed by atoms with E-state index in [0.29, 0.717) is 5.52 Å². The van der Waals surface area contributed by atoms with Crippen molar-refractivity contribution in [3.63, 3.8) is 0 Å². The lowest BCUT2D eigenvalue weighted by Gasteiger charge is -2.30. The Morgan fingerprint density at radius 1 is 1.38 bits per heavy atom. The van der Waals surface area contributed by atoms with Crippen molar-refractivity contribution in [1.29, 1.82) is 0 Å². The van der Waals surface area contributed by atoms with E-state index in [9.17, 15) is 4.79 Å². The van der Waals surface area contributed by atoms with Crippen LogP contribution in [0.4, 0.5) is 0 Å². The summed E-state index contributed by atoms with van der Waals surface area (Å²) in [5.74, 6) is -0.180. The zero-order chi connectivity index (χ0) is 15.8. The van der Waals surface area contributed by atoms with Crippen LogP contribution in [0.1, 0.15) is 43.1 Å². The molecule has 0 radical (unpaired) electrons. The highest BCUT2D eigenvalue weighted by Gasteiger charge is 2.30. The standard InChI is InChI=1S/C15H22N2O3Si/c1-15(2,3)12(20-21(4)5)13-16-10-7-6-9(14(18)19)8-11(10)17-13/h6-8,12,21H,1-5H3,(H,16,17)(H,18,19). The van der Waals surface area contributed by atoms with Crippen LogP contribution in [-0.2, 0) is 4.43 Å². The van der Waals surface area contributed by atoms with Gasteiger partial charge in [0, 0.05) is 0 Å². The summed E-state index contributed by atoms with van der Waals surface area (Å²) >= 11 is 0. The minimum Gasteiger partial charge on any atom is -0.478 e. The van der Waals surface area contributed by atoms with E-state index in [0.717, 1.165) is 11.3 Å². The second kappa shape index (κ2) is 5.61. The van der Waals surface area contributed by atoms with E-state index in [4.69, 9.17) is 9.53 Å². The van der Waals surface area contributed by atoms with Gasteiger partial charge in [-0.3, -0.25) is 0 Å². The van der Waals surface area contributed by atoms with Crippen molar-refractivity contribution in [3.8, 4) is 0 Å². The summed E-state index contributed by atoms with van der Waals surface area (Å²) in [6.45, 7) is 10.6. The Balaban J connectivity index is 2.46. The van der Waals surface area contributed by atoms with Crippen LogP contribution in [0.3, 0.4) is 0 Å². The first-order valence-corrected chi connectivity index (χ1v) is 9.85. The highest BCUT2D eigenvalue weighted by Crippen LogP contribution is 2.36. The van der Waals surface area contributed by atoms with Gasteiger partial charge in [-0.2, -0.15) is 0 Å². The monoisotopic (exact) mass is 306 g/mol. The van der Waals surface area contributed by atoms with Crippen LogP contribution in [0.5, 0.6) is 0 Å². The topological polar surface area (TPSA) is 75.2 Å². The van der Waals surface area contributed by atoms with E-state index >= 15 is 0 Å². The van der Waals surface area contributed by atoms with Crippen molar-refractivity contribution >= 4 is 26.0 Å². The number of carboxylic acids is 1. The second-order valence-corrected chi connectivity index (χ2v) is 8.96. The number of hydrogen-bond donors (Lipinski definition) is 2. The average Bonchev–Trinajstić information content (AvgIpc) is 2.76. The van der Waals surface area contributed by atoms with Crippen LogP contribution in [0.15, 0.2) is 18.2 Å². The number of aromatic carboxylic acids is 1. The molecule has 2 aromatic rings. The molecule has 1 aromatic carbocycles. The first-order chi connectivity index (χ1) is 9.68. The third-order valence-corrected chi connectivity index (χ3v) is 4.01. The lowest BCUT2D eigenvalue weighted by Crippen LogP contribution is -2.26. The quantitative estimate of drug-likeness (QED) is 0.849. The smallest absolute Gasteiger partial charge is 0.335 e. The SMILES string of the molecule is C[SiH](C)OC(c1nc2cc(C(=O)O)ccc2[nH]1)C(C)(C)C. The van der Waals surface area contributed by atoms with Crippen molar-refractivity contribution in [1.82, 2.24) is 9.97 Å². The zero-order valence-electron chi connectivity index (χ0n) is 13.1. The molecule has 114 valence electrons. The lowest BCUT2D eigenvalue weighted by atomic mass is 9.89. The van der Waals surface area contributed by atoms with Gasteiger partial charge >= 0.3 is 5.97 Å². The van der Waals surface area contributed by atoms with Gasteiger partial charge < -0.3 is 14.5 Å². The molecular weight excluding hydrogens is 284 g/mol. The third-order valence-electron chi connectivity index (χ3n) is 3.19. The summed E-state index contributed by atoms with van der Waals surface area (Å²) in [5, 5.41) is 9.05. The molecule has 2 rings (SSSR count). The van der Waals surface area contributed by atoms with E-state index in [1.807, 2.05) is 0 Å². The summed E-state index contributed by atoms with van der Waals surface area (Å²) in [6.07, 6.45) is -0.121.